The Morgan fingerprint density at radius 1 is 0.920 bits per heavy atom. The molecule has 0 bridgehead atoms. The molecule has 0 fully saturated rings. The van der Waals surface area contributed by atoms with Gasteiger partial charge in [0.1, 0.15) is 27.6 Å². The van der Waals surface area contributed by atoms with Crippen molar-refractivity contribution in [2.24, 2.45) is 0 Å². The molecule has 0 radical (unpaired) electrons. The lowest BCUT2D eigenvalue weighted by molar-refractivity contribution is 0.485. The first-order valence-electron chi connectivity index (χ1n) is 7.56. The van der Waals surface area contributed by atoms with Gasteiger partial charge in [0.15, 0.2) is 0 Å². The van der Waals surface area contributed by atoms with Crippen LogP contribution in [0.4, 0.5) is 4.39 Å². The molecular weight excluding hydrogens is 343 g/mol. The maximum Gasteiger partial charge on any atom is 0.339 e. The molecule has 0 aliphatic rings. The Hall–Kier alpha value is -2.86. The fourth-order valence-electron chi connectivity index (χ4n) is 2.82. The summed E-state index contributed by atoms with van der Waals surface area (Å²) in [4.78, 5) is -0.0638. The Labute approximate surface area is 143 Å². The van der Waals surface area contributed by atoms with Gasteiger partial charge in [0.05, 0.1) is 0 Å². The number of fused-ring (bicyclic) bond motifs is 3. The number of furan rings is 1. The summed E-state index contributed by atoms with van der Waals surface area (Å²) in [5.41, 5.74) is 1.64. The highest BCUT2D eigenvalue weighted by Gasteiger charge is 2.20. The Bertz CT molecular complexity index is 1210. The first-order chi connectivity index (χ1) is 11.9. The first-order valence-corrected chi connectivity index (χ1v) is 8.97. The van der Waals surface area contributed by atoms with Crippen LogP contribution in [0, 0.1) is 12.7 Å². The number of rotatable bonds is 3. The molecule has 4 aromatic rings. The highest BCUT2D eigenvalue weighted by Crippen LogP contribution is 2.32. The van der Waals surface area contributed by atoms with Gasteiger partial charge in [-0.2, -0.15) is 8.42 Å². The zero-order valence-corrected chi connectivity index (χ0v) is 14.0. The largest absolute Gasteiger partial charge is 0.456 e. The molecule has 25 heavy (non-hydrogen) atoms. The molecular formula is C19H13FO4S. The lowest BCUT2D eigenvalue weighted by Crippen LogP contribution is -2.11. The maximum atomic E-state index is 13.2. The predicted molar refractivity (Wildman–Crippen MR) is 92.7 cm³/mol. The van der Waals surface area contributed by atoms with Crippen molar-refractivity contribution in [1.29, 1.82) is 0 Å². The van der Waals surface area contributed by atoms with Crippen molar-refractivity contribution in [3.63, 3.8) is 0 Å². The van der Waals surface area contributed by atoms with E-state index in [2.05, 4.69) is 0 Å². The van der Waals surface area contributed by atoms with Crippen molar-refractivity contribution in [3.05, 3.63) is 72.0 Å². The summed E-state index contributed by atoms with van der Waals surface area (Å²) in [7, 11) is -4.06. The fourth-order valence-corrected chi connectivity index (χ4v) is 3.96. The standard InChI is InChI=1S/C19H13FO4S/c1-12-10-13(20)6-9-19(12)25(21,22)24-14-7-8-18-16(11-14)15-4-2-3-5-17(15)23-18/h2-11H,1H3. The zero-order chi connectivity index (χ0) is 17.6. The van der Waals surface area contributed by atoms with Crippen molar-refractivity contribution < 1.29 is 21.4 Å². The van der Waals surface area contributed by atoms with Gasteiger partial charge in [-0.05, 0) is 55.0 Å². The normalized spacial score (nSPS) is 11.9. The average Bonchev–Trinajstić information content (AvgIpc) is 2.92. The van der Waals surface area contributed by atoms with Crippen molar-refractivity contribution in [1.82, 2.24) is 0 Å². The van der Waals surface area contributed by atoms with Gasteiger partial charge in [-0.3, -0.25) is 0 Å². The van der Waals surface area contributed by atoms with Crippen LogP contribution in [0.3, 0.4) is 0 Å². The minimum absolute atomic E-state index is 0.0638. The molecule has 0 unspecified atom stereocenters. The second-order valence-electron chi connectivity index (χ2n) is 5.70. The molecule has 4 rings (SSSR count). The number of hydrogen-bond acceptors (Lipinski definition) is 4. The summed E-state index contributed by atoms with van der Waals surface area (Å²) < 4.78 is 49.2. The third-order valence-electron chi connectivity index (χ3n) is 3.96. The van der Waals surface area contributed by atoms with E-state index < -0.39 is 15.9 Å². The van der Waals surface area contributed by atoms with Crippen molar-refractivity contribution in [3.8, 4) is 5.75 Å². The van der Waals surface area contributed by atoms with Crippen LogP contribution >= 0.6 is 0 Å². The topological polar surface area (TPSA) is 56.5 Å². The minimum Gasteiger partial charge on any atom is -0.456 e. The number of hydrogen-bond donors (Lipinski definition) is 0. The average molecular weight is 356 g/mol. The van der Waals surface area contributed by atoms with Gasteiger partial charge in [-0.15, -0.1) is 0 Å². The van der Waals surface area contributed by atoms with E-state index in [1.807, 2.05) is 24.3 Å². The third kappa shape index (κ3) is 2.74. The second-order valence-corrected chi connectivity index (χ2v) is 7.22. The zero-order valence-electron chi connectivity index (χ0n) is 13.2. The SMILES string of the molecule is Cc1cc(F)ccc1S(=O)(=O)Oc1ccc2oc3ccccc3c2c1. The quantitative estimate of drug-likeness (QED) is 0.495. The van der Waals surface area contributed by atoms with E-state index >= 15 is 0 Å². The molecule has 0 amide bonds. The summed E-state index contributed by atoms with van der Waals surface area (Å²) >= 11 is 0. The van der Waals surface area contributed by atoms with E-state index in [9.17, 15) is 12.8 Å². The number of para-hydroxylation sites is 1. The summed E-state index contributed by atoms with van der Waals surface area (Å²) in [6, 6.07) is 15.7. The van der Waals surface area contributed by atoms with Crippen LogP contribution in [-0.2, 0) is 10.1 Å². The molecule has 0 saturated carbocycles. The molecule has 6 heteroatoms. The molecule has 0 aliphatic heterocycles. The summed E-state index contributed by atoms with van der Waals surface area (Å²) in [5, 5.41) is 1.64. The first kappa shape index (κ1) is 15.7. The Balaban J connectivity index is 1.78. The molecule has 4 nitrogen and oxygen atoms in total. The lowest BCUT2D eigenvalue weighted by Gasteiger charge is -2.09. The summed E-state index contributed by atoms with van der Waals surface area (Å²) in [6.07, 6.45) is 0. The van der Waals surface area contributed by atoms with Crippen LogP contribution in [0.1, 0.15) is 5.56 Å². The number of halogens is 1. The van der Waals surface area contributed by atoms with Crippen LogP contribution in [0.15, 0.2) is 70.0 Å². The highest BCUT2D eigenvalue weighted by molar-refractivity contribution is 7.87. The molecule has 0 saturated heterocycles. The fraction of sp³-hybridized carbons (Fsp3) is 0.0526. The lowest BCUT2D eigenvalue weighted by atomic mass is 10.1. The van der Waals surface area contributed by atoms with Gasteiger partial charge in [-0.25, -0.2) is 4.39 Å². The van der Waals surface area contributed by atoms with E-state index in [4.69, 9.17) is 8.60 Å². The van der Waals surface area contributed by atoms with Gasteiger partial charge in [0, 0.05) is 10.8 Å². The summed E-state index contributed by atoms with van der Waals surface area (Å²) in [6.45, 7) is 1.52. The van der Waals surface area contributed by atoms with Crippen LogP contribution < -0.4 is 4.18 Å². The van der Waals surface area contributed by atoms with E-state index in [0.717, 1.165) is 22.9 Å². The van der Waals surface area contributed by atoms with E-state index in [1.54, 1.807) is 12.1 Å². The van der Waals surface area contributed by atoms with E-state index in [0.29, 0.717) is 11.2 Å². The maximum absolute atomic E-state index is 13.2. The Morgan fingerprint density at radius 2 is 1.68 bits per heavy atom. The van der Waals surface area contributed by atoms with Crippen LogP contribution in [0.25, 0.3) is 21.9 Å². The van der Waals surface area contributed by atoms with Crippen molar-refractivity contribution in [2.75, 3.05) is 0 Å². The van der Waals surface area contributed by atoms with Crippen LogP contribution in [0.2, 0.25) is 0 Å². The molecule has 3 aromatic carbocycles. The molecule has 1 aromatic heterocycles. The van der Waals surface area contributed by atoms with Gasteiger partial charge < -0.3 is 8.60 Å². The molecule has 1 heterocycles. The number of benzene rings is 3. The van der Waals surface area contributed by atoms with Crippen molar-refractivity contribution >= 4 is 32.1 Å². The summed E-state index contributed by atoms with van der Waals surface area (Å²) in [5.74, 6) is -0.328. The van der Waals surface area contributed by atoms with Gasteiger partial charge in [0.25, 0.3) is 0 Å². The Kier molecular flexibility index (Phi) is 3.51. The molecule has 0 N–H and O–H groups in total. The van der Waals surface area contributed by atoms with E-state index in [1.165, 1.54) is 19.1 Å². The predicted octanol–water partition coefficient (Wildman–Crippen LogP) is 4.80. The molecule has 0 aliphatic carbocycles. The Morgan fingerprint density at radius 3 is 2.48 bits per heavy atom. The smallest absolute Gasteiger partial charge is 0.339 e. The van der Waals surface area contributed by atoms with Gasteiger partial charge in [0.2, 0.25) is 0 Å². The highest BCUT2D eigenvalue weighted by atomic mass is 32.2. The molecule has 0 spiro atoms. The third-order valence-corrected chi connectivity index (χ3v) is 5.37. The monoisotopic (exact) mass is 356 g/mol. The van der Waals surface area contributed by atoms with Crippen molar-refractivity contribution in [2.45, 2.75) is 11.8 Å². The molecule has 0 atom stereocenters. The van der Waals surface area contributed by atoms with E-state index in [-0.39, 0.29) is 16.2 Å². The van der Waals surface area contributed by atoms with Gasteiger partial charge in [-0.1, -0.05) is 18.2 Å². The van der Waals surface area contributed by atoms with Crippen LogP contribution in [0.5, 0.6) is 5.75 Å². The second kappa shape index (κ2) is 5.60. The molecule has 126 valence electrons. The van der Waals surface area contributed by atoms with Crippen LogP contribution in [-0.4, -0.2) is 8.42 Å². The minimum atomic E-state index is -4.06. The van der Waals surface area contributed by atoms with Gasteiger partial charge >= 0.3 is 10.1 Å². The number of aryl methyl sites for hydroxylation is 1.